The summed E-state index contributed by atoms with van der Waals surface area (Å²) in [6, 6.07) is 7.87. The Labute approximate surface area is 150 Å². The number of para-hydroxylation sites is 2. The summed E-state index contributed by atoms with van der Waals surface area (Å²) in [6.45, 7) is 4.20. The molecule has 0 bridgehead atoms. The Morgan fingerprint density at radius 3 is 2.52 bits per heavy atom. The number of nitrogens with zero attached hydrogens (tertiary/aromatic N) is 1. The molecular formula is C16H27Cl2N3O2. The second-order valence-corrected chi connectivity index (χ2v) is 5.68. The summed E-state index contributed by atoms with van der Waals surface area (Å²) >= 11 is 0. The molecule has 1 amide bonds. The van der Waals surface area contributed by atoms with Crippen molar-refractivity contribution in [2.24, 2.45) is 5.92 Å². The van der Waals surface area contributed by atoms with E-state index in [1.54, 1.807) is 0 Å². The fourth-order valence-corrected chi connectivity index (χ4v) is 2.62. The quantitative estimate of drug-likeness (QED) is 0.750. The van der Waals surface area contributed by atoms with E-state index in [1.807, 2.05) is 38.2 Å². The molecule has 0 aliphatic carbocycles. The normalized spacial score (nSPS) is 16.0. The van der Waals surface area contributed by atoms with Crippen LogP contribution in [0.5, 0.6) is 0 Å². The fourth-order valence-electron chi connectivity index (χ4n) is 2.62. The summed E-state index contributed by atoms with van der Waals surface area (Å²) in [5.41, 5.74) is 1.89. The molecule has 7 heteroatoms. The molecule has 132 valence electrons. The van der Waals surface area contributed by atoms with Crippen LogP contribution in [0.4, 0.5) is 11.4 Å². The van der Waals surface area contributed by atoms with Crippen LogP contribution in [0.1, 0.15) is 19.8 Å². The van der Waals surface area contributed by atoms with Crippen LogP contribution in [-0.2, 0) is 4.79 Å². The summed E-state index contributed by atoms with van der Waals surface area (Å²) in [6.07, 6.45) is 1.36. The zero-order chi connectivity index (χ0) is 15.2. The molecule has 2 rings (SSSR count). The maximum Gasteiger partial charge on any atom is 0.228 e. The zero-order valence-electron chi connectivity index (χ0n) is 13.6. The van der Waals surface area contributed by atoms with E-state index in [0.717, 1.165) is 37.3 Å². The van der Waals surface area contributed by atoms with Gasteiger partial charge in [-0.15, -0.1) is 24.8 Å². The van der Waals surface area contributed by atoms with E-state index in [9.17, 15) is 9.90 Å². The first-order valence-corrected chi connectivity index (χ1v) is 7.59. The average molecular weight is 364 g/mol. The van der Waals surface area contributed by atoms with Gasteiger partial charge in [-0.3, -0.25) is 4.79 Å². The number of carbonyl (C=O) groups is 1. The molecule has 1 fully saturated rings. The second-order valence-electron chi connectivity index (χ2n) is 5.68. The molecule has 5 nitrogen and oxygen atoms in total. The lowest BCUT2D eigenvalue weighted by Crippen LogP contribution is -2.36. The number of nitrogens with one attached hydrogen (secondary N) is 2. The van der Waals surface area contributed by atoms with Gasteiger partial charge in [0.1, 0.15) is 0 Å². The maximum absolute atomic E-state index is 12.2. The van der Waals surface area contributed by atoms with Gasteiger partial charge in [0.2, 0.25) is 5.91 Å². The average Bonchev–Trinajstić information content (AvgIpc) is 2.49. The first kappa shape index (κ1) is 22.0. The number of hydrogen-bond donors (Lipinski definition) is 3. The van der Waals surface area contributed by atoms with Crippen LogP contribution < -0.4 is 15.5 Å². The highest BCUT2D eigenvalue weighted by Crippen LogP contribution is 2.28. The number of aliphatic hydroxyl groups is 1. The molecule has 0 aromatic heterocycles. The van der Waals surface area contributed by atoms with Crippen molar-refractivity contribution in [3.8, 4) is 0 Å². The van der Waals surface area contributed by atoms with Crippen molar-refractivity contribution in [3.05, 3.63) is 24.3 Å². The van der Waals surface area contributed by atoms with Gasteiger partial charge in [0.05, 0.1) is 17.5 Å². The molecule has 1 saturated heterocycles. The van der Waals surface area contributed by atoms with Crippen molar-refractivity contribution in [2.45, 2.75) is 25.9 Å². The smallest absolute Gasteiger partial charge is 0.228 e. The lowest BCUT2D eigenvalue weighted by atomic mass is 10.1. The number of piperidine rings is 1. The summed E-state index contributed by atoms with van der Waals surface area (Å²) in [4.78, 5) is 14.4. The lowest BCUT2D eigenvalue weighted by Gasteiger charge is -2.33. The van der Waals surface area contributed by atoms with Gasteiger partial charge < -0.3 is 20.6 Å². The molecule has 0 spiro atoms. The largest absolute Gasteiger partial charge is 0.393 e. The number of halogens is 2. The first-order chi connectivity index (χ1) is 10.1. The van der Waals surface area contributed by atoms with E-state index in [1.165, 1.54) is 0 Å². The number of amides is 1. The summed E-state index contributed by atoms with van der Waals surface area (Å²) in [5, 5.41) is 15.7. The third-order valence-corrected chi connectivity index (χ3v) is 3.92. The predicted octanol–water partition coefficient (Wildman–Crippen LogP) is 2.29. The molecule has 0 radical (unpaired) electrons. The van der Waals surface area contributed by atoms with Crippen LogP contribution in [0.15, 0.2) is 24.3 Å². The molecular weight excluding hydrogens is 337 g/mol. The SMILES string of the molecule is CNCC(C)C(=O)Nc1ccccc1N1CCC(O)CC1.Cl.Cl. The monoisotopic (exact) mass is 363 g/mol. The number of benzene rings is 1. The number of anilines is 2. The van der Waals surface area contributed by atoms with E-state index < -0.39 is 0 Å². The van der Waals surface area contributed by atoms with Gasteiger partial charge >= 0.3 is 0 Å². The molecule has 1 aromatic carbocycles. The minimum Gasteiger partial charge on any atom is -0.393 e. The highest BCUT2D eigenvalue weighted by atomic mass is 35.5. The van der Waals surface area contributed by atoms with E-state index in [-0.39, 0.29) is 42.7 Å². The van der Waals surface area contributed by atoms with Crippen LogP contribution in [0.2, 0.25) is 0 Å². The third kappa shape index (κ3) is 6.18. The van der Waals surface area contributed by atoms with Gasteiger partial charge in [-0.05, 0) is 32.0 Å². The van der Waals surface area contributed by atoms with Gasteiger partial charge in [0, 0.05) is 25.6 Å². The third-order valence-electron chi connectivity index (χ3n) is 3.92. The Hall–Kier alpha value is -1.01. The van der Waals surface area contributed by atoms with E-state index in [0.29, 0.717) is 6.54 Å². The highest BCUT2D eigenvalue weighted by Gasteiger charge is 2.20. The summed E-state index contributed by atoms with van der Waals surface area (Å²) < 4.78 is 0. The molecule has 1 atom stereocenters. The molecule has 1 aromatic rings. The fraction of sp³-hybridized carbons (Fsp3) is 0.562. The minimum absolute atomic E-state index is 0. The van der Waals surface area contributed by atoms with Crippen molar-refractivity contribution < 1.29 is 9.90 Å². The van der Waals surface area contributed by atoms with Crippen LogP contribution >= 0.6 is 24.8 Å². The molecule has 1 aliphatic heterocycles. The van der Waals surface area contributed by atoms with Gasteiger partial charge in [-0.1, -0.05) is 19.1 Å². The standard InChI is InChI=1S/C16H25N3O2.2ClH/c1-12(11-17-2)16(21)18-14-5-3-4-6-15(14)19-9-7-13(20)8-10-19;;/h3-6,12-13,17,20H,7-11H2,1-2H3,(H,18,21);2*1H. The molecule has 1 unspecified atom stereocenters. The lowest BCUT2D eigenvalue weighted by molar-refractivity contribution is -0.119. The van der Waals surface area contributed by atoms with Gasteiger partial charge in [-0.2, -0.15) is 0 Å². The first-order valence-electron chi connectivity index (χ1n) is 7.59. The van der Waals surface area contributed by atoms with Gasteiger partial charge in [0.15, 0.2) is 0 Å². The van der Waals surface area contributed by atoms with E-state index in [2.05, 4.69) is 15.5 Å². The van der Waals surface area contributed by atoms with Crippen LogP contribution in [-0.4, -0.2) is 43.8 Å². The van der Waals surface area contributed by atoms with Crippen LogP contribution in [0.3, 0.4) is 0 Å². The van der Waals surface area contributed by atoms with Crippen molar-refractivity contribution in [3.63, 3.8) is 0 Å². The van der Waals surface area contributed by atoms with Crippen LogP contribution in [0, 0.1) is 5.92 Å². The van der Waals surface area contributed by atoms with Gasteiger partial charge in [-0.25, -0.2) is 0 Å². The minimum atomic E-state index is -0.196. The number of hydrogen-bond acceptors (Lipinski definition) is 4. The predicted molar refractivity (Wildman–Crippen MR) is 100 cm³/mol. The molecule has 1 aliphatic rings. The summed E-state index contributed by atoms with van der Waals surface area (Å²) in [5.74, 6) is -0.0555. The van der Waals surface area contributed by atoms with Crippen molar-refractivity contribution in [2.75, 3.05) is 36.9 Å². The second kappa shape index (κ2) is 10.7. The Balaban J connectivity index is 0.00000242. The van der Waals surface area contributed by atoms with Crippen LogP contribution in [0.25, 0.3) is 0 Å². The van der Waals surface area contributed by atoms with Gasteiger partial charge in [0.25, 0.3) is 0 Å². The van der Waals surface area contributed by atoms with E-state index >= 15 is 0 Å². The van der Waals surface area contributed by atoms with E-state index in [4.69, 9.17) is 0 Å². The maximum atomic E-state index is 12.2. The molecule has 1 heterocycles. The number of aliphatic hydroxyl groups excluding tert-OH is 1. The van der Waals surface area contributed by atoms with Crippen molar-refractivity contribution in [1.29, 1.82) is 0 Å². The van der Waals surface area contributed by atoms with Crippen molar-refractivity contribution in [1.82, 2.24) is 5.32 Å². The Kier molecular flexibility index (Phi) is 10.2. The topological polar surface area (TPSA) is 64.6 Å². The highest BCUT2D eigenvalue weighted by molar-refractivity contribution is 5.95. The Morgan fingerprint density at radius 2 is 1.91 bits per heavy atom. The zero-order valence-corrected chi connectivity index (χ0v) is 15.3. The van der Waals surface area contributed by atoms with Crippen molar-refractivity contribution >= 4 is 42.1 Å². The Bertz CT molecular complexity index is 480. The molecule has 23 heavy (non-hydrogen) atoms. The Morgan fingerprint density at radius 1 is 1.30 bits per heavy atom. The molecule has 0 saturated carbocycles. The number of rotatable bonds is 5. The number of carbonyl (C=O) groups excluding carboxylic acids is 1. The summed E-state index contributed by atoms with van der Waals surface area (Å²) in [7, 11) is 1.84. The molecule has 3 N–H and O–H groups in total.